The molecule has 8 nitrogen and oxygen atoms in total. The van der Waals surface area contributed by atoms with Gasteiger partial charge in [0, 0.05) is 13.2 Å². The molecule has 2 aromatic heterocycles. The number of pyridine rings is 1. The zero-order valence-corrected chi connectivity index (χ0v) is 11.9. The van der Waals surface area contributed by atoms with Crippen LogP contribution in [0.5, 0.6) is 5.88 Å². The maximum absolute atomic E-state index is 8.81. The highest BCUT2D eigenvalue weighted by Gasteiger charge is 2.01. The second-order valence-electron chi connectivity index (χ2n) is 4.28. The van der Waals surface area contributed by atoms with Crippen LogP contribution in [0.3, 0.4) is 0 Å². The van der Waals surface area contributed by atoms with Crippen LogP contribution >= 0.6 is 0 Å². The van der Waals surface area contributed by atoms with E-state index in [1.807, 2.05) is 6.07 Å². The van der Waals surface area contributed by atoms with Crippen LogP contribution in [0.1, 0.15) is 5.69 Å². The Morgan fingerprint density at radius 3 is 2.95 bits per heavy atom. The number of nitrogens with zero attached hydrogens (tertiary/aromatic N) is 4. The number of aliphatic hydroxyl groups is 1. The van der Waals surface area contributed by atoms with Gasteiger partial charge in [-0.1, -0.05) is 5.21 Å². The van der Waals surface area contributed by atoms with Crippen molar-refractivity contribution in [1.29, 1.82) is 0 Å². The maximum Gasteiger partial charge on any atom is 0.213 e. The highest BCUT2D eigenvalue weighted by atomic mass is 16.5. The molecular formula is C13H19N5O3. The molecule has 0 fully saturated rings. The average molecular weight is 293 g/mol. The number of hydrogen-bond donors (Lipinski definition) is 2. The third kappa shape index (κ3) is 5.01. The van der Waals surface area contributed by atoms with Gasteiger partial charge >= 0.3 is 0 Å². The molecule has 0 saturated carbocycles. The summed E-state index contributed by atoms with van der Waals surface area (Å²) in [4.78, 5) is 4.18. The second-order valence-corrected chi connectivity index (χ2v) is 4.28. The monoisotopic (exact) mass is 293 g/mol. The number of nitrogens with one attached hydrogen (secondary N) is 1. The van der Waals surface area contributed by atoms with E-state index in [-0.39, 0.29) is 6.61 Å². The summed E-state index contributed by atoms with van der Waals surface area (Å²) < 4.78 is 11.9. The Bertz CT molecular complexity index is 529. The molecule has 0 aromatic carbocycles. The van der Waals surface area contributed by atoms with E-state index < -0.39 is 0 Å². The summed E-state index contributed by atoms with van der Waals surface area (Å²) in [5.41, 5.74) is 1.66. The Hall–Kier alpha value is -2.19. The molecule has 114 valence electrons. The zero-order valence-electron chi connectivity index (χ0n) is 11.9. The van der Waals surface area contributed by atoms with Crippen molar-refractivity contribution in [1.82, 2.24) is 20.0 Å². The third-order valence-electron chi connectivity index (χ3n) is 2.66. The van der Waals surface area contributed by atoms with Gasteiger partial charge in [0.2, 0.25) is 5.88 Å². The molecule has 0 bridgehead atoms. The fourth-order valence-corrected chi connectivity index (χ4v) is 1.62. The molecule has 0 spiro atoms. The van der Waals surface area contributed by atoms with E-state index in [1.54, 1.807) is 30.3 Å². The van der Waals surface area contributed by atoms with Crippen molar-refractivity contribution in [3.05, 3.63) is 30.2 Å². The lowest BCUT2D eigenvalue weighted by Crippen LogP contribution is -2.05. The van der Waals surface area contributed by atoms with Crippen LogP contribution in [0.15, 0.2) is 24.5 Å². The lowest BCUT2D eigenvalue weighted by Gasteiger charge is -2.06. The number of aliphatic hydroxyl groups excluding tert-OH is 1. The molecule has 0 amide bonds. The molecule has 0 aliphatic heterocycles. The van der Waals surface area contributed by atoms with Gasteiger partial charge in [-0.25, -0.2) is 9.67 Å². The average Bonchev–Trinajstić information content (AvgIpc) is 2.95. The van der Waals surface area contributed by atoms with Gasteiger partial charge in [0.1, 0.15) is 12.3 Å². The Labute approximate surface area is 122 Å². The van der Waals surface area contributed by atoms with Crippen LogP contribution < -0.4 is 10.1 Å². The summed E-state index contributed by atoms with van der Waals surface area (Å²) in [5, 5.41) is 19.9. The number of hydrogen-bond acceptors (Lipinski definition) is 7. The van der Waals surface area contributed by atoms with E-state index >= 15 is 0 Å². The summed E-state index contributed by atoms with van der Waals surface area (Å²) in [7, 11) is 1.63. The molecule has 2 heterocycles. The van der Waals surface area contributed by atoms with Crippen molar-refractivity contribution >= 4 is 5.69 Å². The molecule has 0 radical (unpaired) electrons. The van der Waals surface area contributed by atoms with Gasteiger partial charge in [0.05, 0.1) is 44.4 Å². The lowest BCUT2D eigenvalue weighted by molar-refractivity contribution is 0.144. The van der Waals surface area contributed by atoms with Gasteiger partial charge < -0.3 is 19.9 Å². The molecule has 2 aromatic rings. The molecule has 2 N–H and O–H groups in total. The van der Waals surface area contributed by atoms with Gasteiger partial charge in [-0.2, -0.15) is 0 Å². The van der Waals surface area contributed by atoms with Crippen LogP contribution in [0.4, 0.5) is 5.69 Å². The van der Waals surface area contributed by atoms with E-state index in [0.29, 0.717) is 32.2 Å². The molecule has 21 heavy (non-hydrogen) atoms. The first-order chi connectivity index (χ1) is 10.3. The van der Waals surface area contributed by atoms with Crippen molar-refractivity contribution in [3.8, 4) is 5.88 Å². The molecule has 0 saturated heterocycles. The number of rotatable bonds is 9. The Balaban J connectivity index is 1.79. The second kappa shape index (κ2) is 8.18. The molecule has 0 aliphatic rings. The topological polar surface area (TPSA) is 94.3 Å². The molecular weight excluding hydrogens is 274 g/mol. The van der Waals surface area contributed by atoms with Crippen molar-refractivity contribution in [2.24, 2.45) is 0 Å². The standard InChI is InChI=1S/C13H19N5O3/c1-20-6-7-21-13-3-2-11(8-15-13)14-9-12-10-18(4-5-19)17-16-12/h2-3,8,10,14,19H,4-7,9H2,1H3. The number of ether oxygens (including phenoxy) is 2. The molecule has 8 heteroatoms. The van der Waals surface area contributed by atoms with Crippen molar-refractivity contribution in [2.45, 2.75) is 13.1 Å². The SMILES string of the molecule is COCCOc1ccc(NCc2cn(CCO)nn2)cn1. The fraction of sp³-hybridized carbons (Fsp3) is 0.462. The van der Waals surface area contributed by atoms with Crippen LogP contribution in [0.25, 0.3) is 0 Å². The first-order valence-electron chi connectivity index (χ1n) is 6.63. The maximum atomic E-state index is 8.81. The van der Waals surface area contributed by atoms with Gasteiger partial charge in [-0.15, -0.1) is 5.10 Å². The largest absolute Gasteiger partial charge is 0.475 e. The quantitative estimate of drug-likeness (QED) is 0.642. The number of aromatic nitrogens is 4. The Morgan fingerprint density at radius 2 is 2.24 bits per heavy atom. The number of methoxy groups -OCH3 is 1. The van der Waals surface area contributed by atoms with Gasteiger partial charge in [-0.05, 0) is 6.07 Å². The Morgan fingerprint density at radius 1 is 1.33 bits per heavy atom. The van der Waals surface area contributed by atoms with Crippen molar-refractivity contribution in [2.75, 3.05) is 32.2 Å². The first-order valence-corrected chi connectivity index (χ1v) is 6.63. The summed E-state index contributed by atoms with van der Waals surface area (Å²) in [6.07, 6.45) is 3.49. The van der Waals surface area contributed by atoms with Crippen LogP contribution in [0.2, 0.25) is 0 Å². The highest BCUT2D eigenvalue weighted by molar-refractivity contribution is 5.42. The van der Waals surface area contributed by atoms with E-state index in [1.165, 1.54) is 0 Å². The summed E-state index contributed by atoms with van der Waals surface area (Å²) >= 11 is 0. The van der Waals surface area contributed by atoms with Crippen molar-refractivity contribution in [3.63, 3.8) is 0 Å². The third-order valence-corrected chi connectivity index (χ3v) is 2.66. The zero-order chi connectivity index (χ0) is 14.9. The first kappa shape index (κ1) is 15.2. The normalized spacial score (nSPS) is 10.6. The highest BCUT2D eigenvalue weighted by Crippen LogP contribution is 2.12. The summed E-state index contributed by atoms with van der Waals surface area (Å²) in [6.45, 7) is 2.04. The van der Waals surface area contributed by atoms with E-state index in [4.69, 9.17) is 14.6 Å². The van der Waals surface area contributed by atoms with E-state index in [0.717, 1.165) is 11.4 Å². The summed E-state index contributed by atoms with van der Waals surface area (Å²) in [6, 6.07) is 3.67. The van der Waals surface area contributed by atoms with Gasteiger partial charge in [0.15, 0.2) is 0 Å². The minimum atomic E-state index is 0.0463. The van der Waals surface area contributed by atoms with E-state index in [9.17, 15) is 0 Å². The van der Waals surface area contributed by atoms with Gasteiger partial charge in [-0.3, -0.25) is 0 Å². The van der Waals surface area contributed by atoms with Crippen LogP contribution in [-0.2, 0) is 17.8 Å². The van der Waals surface area contributed by atoms with Crippen molar-refractivity contribution < 1.29 is 14.6 Å². The smallest absolute Gasteiger partial charge is 0.213 e. The van der Waals surface area contributed by atoms with Crippen LogP contribution in [0, 0.1) is 0 Å². The van der Waals surface area contributed by atoms with Crippen LogP contribution in [-0.4, -0.2) is 52.0 Å². The molecule has 0 atom stereocenters. The predicted octanol–water partition coefficient (Wildman–Crippen LogP) is 0.303. The predicted molar refractivity (Wildman–Crippen MR) is 76.0 cm³/mol. The lowest BCUT2D eigenvalue weighted by atomic mass is 10.4. The number of anilines is 1. The fourth-order valence-electron chi connectivity index (χ4n) is 1.62. The van der Waals surface area contributed by atoms with Gasteiger partial charge in [0.25, 0.3) is 0 Å². The summed E-state index contributed by atoms with van der Waals surface area (Å²) in [5.74, 6) is 0.562. The Kier molecular flexibility index (Phi) is 5.92. The minimum Gasteiger partial charge on any atom is -0.475 e. The molecule has 0 unspecified atom stereocenters. The molecule has 2 rings (SSSR count). The minimum absolute atomic E-state index is 0.0463. The molecule has 0 aliphatic carbocycles. The van der Waals surface area contributed by atoms with E-state index in [2.05, 4.69) is 20.6 Å².